The van der Waals surface area contributed by atoms with Crippen molar-refractivity contribution in [3.05, 3.63) is 225 Å². The van der Waals surface area contributed by atoms with Crippen LogP contribution in [0.1, 0.15) is 84.2 Å². The highest BCUT2D eigenvalue weighted by Crippen LogP contribution is 2.45. The number of fused-ring (bicyclic) bond motifs is 12. The predicted octanol–water partition coefficient (Wildman–Crippen LogP) is 5.29. The first kappa shape index (κ1) is 85.5. The third kappa shape index (κ3) is 23.9. The van der Waals surface area contributed by atoms with E-state index in [0.717, 1.165) is 0 Å². The van der Waals surface area contributed by atoms with Crippen molar-refractivity contribution in [2.45, 2.75) is 73.0 Å². The quantitative estimate of drug-likeness (QED) is 0.0159. The molecule has 39 nitrogen and oxygen atoms in total. The number of aromatic amines is 3. The van der Waals surface area contributed by atoms with E-state index in [4.69, 9.17) is 113 Å². The molecule has 582 valence electrons. The zero-order valence-electron chi connectivity index (χ0n) is 56.4. The largest absolute Gasteiger partial charge is 0.726 e. The van der Waals surface area contributed by atoms with Crippen LogP contribution in [0.2, 0.25) is 0 Å². The molecule has 9 aromatic rings. The van der Waals surface area contributed by atoms with E-state index in [0.29, 0.717) is 17.5 Å². The molecule has 0 saturated carbocycles. The number of nitro benzene ring substituents is 3. The van der Waals surface area contributed by atoms with E-state index in [9.17, 15) is 55.6 Å². The molecule has 0 fully saturated rings. The van der Waals surface area contributed by atoms with Crippen molar-refractivity contribution < 1.29 is 135 Å². The maximum atomic E-state index is 13.7. The number of methoxy groups -OCH3 is 3. The molecule has 3 aromatic heterocycles. The minimum Gasteiger partial charge on any atom is -0.726 e. The Morgan fingerprint density at radius 3 is 0.657 bits per heavy atom. The van der Waals surface area contributed by atoms with Gasteiger partial charge in [0.15, 0.2) is 19.8 Å². The summed E-state index contributed by atoms with van der Waals surface area (Å²) in [6, 6.07) is 14.4. The van der Waals surface area contributed by atoms with Crippen LogP contribution in [0.25, 0.3) is 0 Å². The van der Waals surface area contributed by atoms with Crippen LogP contribution in [-0.4, -0.2) is 129 Å². The van der Waals surface area contributed by atoms with E-state index in [1.807, 2.05) is 0 Å². The van der Waals surface area contributed by atoms with Gasteiger partial charge in [-0.1, -0.05) is 0 Å². The van der Waals surface area contributed by atoms with Crippen LogP contribution in [0.4, 0.5) is 17.1 Å². The Labute approximate surface area is 627 Å². The smallest absolute Gasteiger partial charge is 0.292 e. The van der Waals surface area contributed by atoms with Gasteiger partial charge >= 0.3 is 0 Å². The number of nitro groups is 3. The summed E-state index contributed by atoms with van der Waals surface area (Å²) in [7, 11) is -1.11. The third-order valence-corrected chi connectivity index (χ3v) is 19.7. The molecular weight excluding hydrogens is 1630 g/mol. The summed E-state index contributed by atoms with van der Waals surface area (Å²) in [5, 5.41) is 39.4. The van der Waals surface area contributed by atoms with Gasteiger partial charge in [0.25, 0.3) is 61.7 Å². The molecule has 6 N–H and O–H groups in total. The van der Waals surface area contributed by atoms with Gasteiger partial charge in [0, 0.05) is 174 Å². The Bertz CT molecular complexity index is 4990. The fourth-order valence-electron chi connectivity index (χ4n) is 11.4. The number of benzene rings is 6. The summed E-state index contributed by atoms with van der Waals surface area (Å²) >= 11 is 0. The summed E-state index contributed by atoms with van der Waals surface area (Å²) in [4.78, 5) is 45.2. The van der Waals surface area contributed by atoms with E-state index >= 15 is 0 Å². The number of hydrogen-bond acceptors (Lipinski definition) is 27. The Kier molecular flexibility index (Phi) is 27.5. The van der Waals surface area contributed by atoms with Crippen molar-refractivity contribution in [2.24, 2.45) is 21.1 Å². The number of H-pyrrole nitrogens is 3. The van der Waals surface area contributed by atoms with Gasteiger partial charge in [-0.15, -0.1) is 0 Å². The number of halogens is 3. The van der Waals surface area contributed by atoms with Crippen LogP contribution in [0, 0.1) is 30.3 Å². The van der Waals surface area contributed by atoms with E-state index < -0.39 is 143 Å². The standard InChI is InChI=1S/C60H54Cl3N9O18S3.3H2O4S/c1-67-10-7-64-52(67)31-88-58-40-13-34-19-46(70(73)74)21-36(55(34)85-4)15-42-27-50(92(62,81)82)29-44(59(42)89-32-53-65-8-11-68(53)2)17-38-23-48(72(77)78)24-39(57(38)87-6)18-45-30-51(93(63,83)84)28-43(60(45)90-33-54-66-9-12-69(54)3)16-37-22-47(71(75)76)20-35(56(37)86-5)14-41(58)26-49(25-40)91(61,79)80;3*1-5(2,3)4/h7-12,19-30H,13-18,31-33H2,1-6H3;3*(H2,1,2,3,4). The molecule has 0 saturated heterocycles. The number of nitrogens with zero attached hydrogens (tertiary/aromatic N) is 6. The van der Waals surface area contributed by atoms with Crippen molar-refractivity contribution in [3.63, 3.8) is 0 Å². The molecule has 0 unspecified atom stereocenters. The van der Waals surface area contributed by atoms with Crippen molar-refractivity contribution >= 4 is 107 Å². The molecule has 1 aliphatic rings. The zero-order valence-corrected chi connectivity index (χ0v) is 63.6. The second-order valence-electron chi connectivity index (χ2n) is 23.0. The zero-order chi connectivity index (χ0) is 80.5. The minimum absolute atomic E-state index is 0.00619. The molecule has 10 rings (SSSR count). The number of rotatable bonds is 18. The van der Waals surface area contributed by atoms with E-state index in [1.165, 1.54) is 94.1 Å². The Balaban J connectivity index is 0.000000986. The molecular formula is C60H60Cl3N9O30S6. The normalized spacial score (nSPS) is 12.6. The van der Waals surface area contributed by atoms with E-state index in [-0.39, 0.29) is 121 Å². The molecule has 6 aromatic carbocycles. The highest BCUT2D eigenvalue weighted by molar-refractivity contribution is 8.14. The predicted molar refractivity (Wildman–Crippen MR) is 370 cm³/mol. The first-order valence-corrected chi connectivity index (χ1v) is 40.9. The average Bonchev–Trinajstić information content (AvgIpc) is 1.13. The Hall–Kier alpha value is -9.72. The second kappa shape index (κ2) is 34.7. The molecule has 0 aliphatic heterocycles. The van der Waals surface area contributed by atoms with Crippen molar-refractivity contribution in [3.8, 4) is 34.5 Å². The molecule has 3 heterocycles. The lowest BCUT2D eigenvalue weighted by Crippen LogP contribution is -2.31. The van der Waals surface area contributed by atoms with Crippen LogP contribution < -0.4 is 42.1 Å². The molecule has 48 heteroatoms. The molecule has 0 spiro atoms. The van der Waals surface area contributed by atoms with Gasteiger partial charge < -0.3 is 42.1 Å². The minimum atomic E-state index is -4.92. The lowest BCUT2D eigenvalue weighted by molar-refractivity contribution is -0.679. The lowest BCUT2D eigenvalue weighted by Gasteiger charge is -2.22. The molecule has 0 radical (unpaired) electrons. The van der Waals surface area contributed by atoms with Gasteiger partial charge in [-0.3, -0.25) is 44.0 Å². The Morgan fingerprint density at radius 2 is 0.528 bits per heavy atom. The van der Waals surface area contributed by atoms with Crippen LogP contribution in [0.15, 0.2) is 125 Å². The summed E-state index contributed by atoms with van der Waals surface area (Å²) in [6.45, 7) is -0.652. The van der Waals surface area contributed by atoms with Crippen LogP contribution in [0.5, 0.6) is 34.5 Å². The highest BCUT2D eigenvalue weighted by Gasteiger charge is 2.32. The summed E-state index contributed by atoms with van der Waals surface area (Å²) in [5.41, 5.74) is -0.769. The average molecular weight is 1690 g/mol. The number of ether oxygens (including phenoxy) is 6. The SMILES string of the molecule is COc1c2cc([N+](=O)[O-])cc1Cc1cc(S(=O)(=O)Cl)cc(c1OCc1[nH]cc[n+]1C)Cc1cc([N+](=O)[O-])cc(c1OC)Cc1cc(S(=O)(=O)Cl)cc(c1OCc1[nH]cc[n+]1C)Cc1cc([N+](=O)[O-])cc(c1OC)Cc1cc(S(=O)(=O)Cl)cc(c1OCc1[nH]cc[n+]1C)C2.O=S(=O)([O-])O.O=S(=O)([O-])O.O=S(=O)([O-])O. The lowest BCUT2D eigenvalue weighted by atomic mass is 9.90. The van der Waals surface area contributed by atoms with Gasteiger partial charge in [-0.2, -0.15) is 0 Å². The number of non-ortho nitro benzene ring substituents is 3. The van der Waals surface area contributed by atoms with Gasteiger partial charge in [0.05, 0.1) is 71.9 Å². The summed E-state index contributed by atoms with van der Waals surface area (Å²) < 4.78 is 224. The number of imidazole rings is 3. The van der Waals surface area contributed by atoms with Gasteiger partial charge in [0.2, 0.25) is 31.2 Å². The van der Waals surface area contributed by atoms with Crippen molar-refractivity contribution in [1.82, 2.24) is 15.0 Å². The molecule has 0 atom stereocenters. The maximum absolute atomic E-state index is 13.7. The van der Waals surface area contributed by atoms with Gasteiger partial charge in [0.1, 0.15) is 71.7 Å². The molecule has 1 aliphatic carbocycles. The summed E-state index contributed by atoms with van der Waals surface area (Å²) in [5.74, 6) is 1.45. The van der Waals surface area contributed by atoms with Crippen molar-refractivity contribution in [2.75, 3.05) is 21.3 Å². The topological polar surface area (TPSA) is 579 Å². The fraction of sp³-hybridized carbons (Fsp3) is 0.250. The van der Waals surface area contributed by atoms with Crippen LogP contribution >= 0.6 is 32.0 Å². The first-order chi connectivity index (χ1) is 50.0. The summed E-state index contributed by atoms with van der Waals surface area (Å²) in [6.07, 6.45) is 7.54. The number of hydrogen-bond donors (Lipinski definition) is 6. The van der Waals surface area contributed by atoms with Crippen molar-refractivity contribution in [1.29, 1.82) is 0 Å². The van der Waals surface area contributed by atoms with Crippen LogP contribution in [-0.2, 0) is 138 Å². The number of aryl methyl sites for hydroxylation is 3. The molecule has 0 amide bonds. The van der Waals surface area contributed by atoms with E-state index in [2.05, 4.69) is 15.0 Å². The third-order valence-electron chi connectivity index (χ3n) is 15.7. The Morgan fingerprint density at radius 1 is 0.361 bits per heavy atom. The highest BCUT2D eigenvalue weighted by atomic mass is 35.7. The maximum Gasteiger partial charge on any atom is 0.292 e. The van der Waals surface area contributed by atoms with Gasteiger partial charge in [-0.05, 0) is 36.4 Å². The fourth-order valence-corrected chi connectivity index (χ4v) is 13.9. The monoisotopic (exact) mass is 1680 g/mol. The number of aromatic nitrogens is 6. The molecule has 12 bridgehead atoms. The number of nitrogens with one attached hydrogen (secondary N) is 3. The second-order valence-corrected chi connectivity index (χ2v) is 33.2. The first-order valence-electron chi connectivity index (χ1n) is 29.8. The van der Waals surface area contributed by atoms with Crippen LogP contribution in [0.3, 0.4) is 0 Å². The van der Waals surface area contributed by atoms with Gasteiger partial charge in [-0.25, -0.2) is 79.2 Å². The molecule has 108 heavy (non-hydrogen) atoms. The van der Waals surface area contributed by atoms with E-state index in [1.54, 1.807) is 72.0 Å².